The van der Waals surface area contributed by atoms with E-state index in [1.54, 1.807) is 44.6 Å². The Morgan fingerprint density at radius 2 is 1.71 bits per heavy atom. The third-order valence-corrected chi connectivity index (χ3v) is 3.18. The molecular formula is C15H16N2O3S. The van der Waals surface area contributed by atoms with Gasteiger partial charge in [0.25, 0.3) is 0 Å². The Hall–Kier alpha value is -2.34. The standard InChI is InChI=1S/C15H16N2O3S/c1-19-12-8-7-10(9-13(12)20-2)16-15(18)17-11-5-3-4-6-14(11)21/h3-9,21H,1-2H3,(H2,16,17,18). The maximum absolute atomic E-state index is 12.0. The molecule has 0 heterocycles. The Bertz CT molecular complexity index is 647. The van der Waals surface area contributed by atoms with Gasteiger partial charge >= 0.3 is 6.03 Å². The maximum atomic E-state index is 12.0. The van der Waals surface area contributed by atoms with E-state index in [1.165, 1.54) is 0 Å². The fraction of sp³-hybridized carbons (Fsp3) is 0.133. The normalized spacial score (nSPS) is 9.86. The molecule has 2 N–H and O–H groups in total. The van der Waals surface area contributed by atoms with Crippen molar-refractivity contribution < 1.29 is 14.3 Å². The molecule has 0 radical (unpaired) electrons. The number of carbonyl (C=O) groups is 1. The van der Waals surface area contributed by atoms with Crippen LogP contribution in [-0.2, 0) is 0 Å². The van der Waals surface area contributed by atoms with Crippen LogP contribution in [0.5, 0.6) is 11.5 Å². The number of para-hydroxylation sites is 1. The highest BCUT2D eigenvalue weighted by molar-refractivity contribution is 7.80. The van der Waals surface area contributed by atoms with Gasteiger partial charge < -0.3 is 20.1 Å². The van der Waals surface area contributed by atoms with Crippen LogP contribution in [0.25, 0.3) is 0 Å². The zero-order valence-corrected chi connectivity index (χ0v) is 12.6. The van der Waals surface area contributed by atoms with E-state index in [-0.39, 0.29) is 6.03 Å². The van der Waals surface area contributed by atoms with E-state index in [4.69, 9.17) is 9.47 Å². The number of nitrogens with one attached hydrogen (secondary N) is 2. The minimum atomic E-state index is -0.358. The first-order valence-corrected chi connectivity index (χ1v) is 6.67. The van der Waals surface area contributed by atoms with Crippen LogP contribution in [0, 0.1) is 0 Å². The van der Waals surface area contributed by atoms with Crippen LogP contribution in [0.15, 0.2) is 47.4 Å². The first kappa shape index (κ1) is 15.1. The molecule has 0 aliphatic carbocycles. The van der Waals surface area contributed by atoms with Crippen LogP contribution < -0.4 is 20.1 Å². The number of carbonyl (C=O) groups excluding carboxylic acids is 1. The number of methoxy groups -OCH3 is 2. The lowest BCUT2D eigenvalue weighted by Gasteiger charge is -2.12. The third-order valence-electron chi connectivity index (χ3n) is 2.79. The Balaban J connectivity index is 2.08. The first-order chi connectivity index (χ1) is 10.1. The summed E-state index contributed by atoms with van der Waals surface area (Å²) >= 11 is 4.28. The monoisotopic (exact) mass is 304 g/mol. The lowest BCUT2D eigenvalue weighted by Crippen LogP contribution is -2.19. The van der Waals surface area contributed by atoms with Gasteiger partial charge in [0.2, 0.25) is 0 Å². The van der Waals surface area contributed by atoms with E-state index in [9.17, 15) is 4.79 Å². The van der Waals surface area contributed by atoms with Gasteiger partial charge in [-0.3, -0.25) is 0 Å². The van der Waals surface area contributed by atoms with Crippen molar-refractivity contribution in [3.8, 4) is 11.5 Å². The van der Waals surface area contributed by atoms with Crippen LogP contribution in [0.1, 0.15) is 0 Å². The number of benzene rings is 2. The van der Waals surface area contributed by atoms with Gasteiger partial charge in [-0.15, -0.1) is 12.6 Å². The van der Waals surface area contributed by atoms with Crippen molar-refractivity contribution in [1.82, 2.24) is 0 Å². The van der Waals surface area contributed by atoms with Gasteiger partial charge in [0.1, 0.15) is 0 Å². The second-order valence-electron chi connectivity index (χ2n) is 4.17. The van der Waals surface area contributed by atoms with Gasteiger partial charge in [0.15, 0.2) is 11.5 Å². The predicted octanol–water partition coefficient (Wildman–Crippen LogP) is 3.64. The molecule has 0 saturated heterocycles. The van der Waals surface area contributed by atoms with Crippen molar-refractivity contribution in [3.63, 3.8) is 0 Å². The van der Waals surface area contributed by atoms with Crippen molar-refractivity contribution in [1.29, 1.82) is 0 Å². The van der Waals surface area contributed by atoms with Crippen LogP contribution in [0.2, 0.25) is 0 Å². The molecule has 2 aromatic carbocycles. The highest BCUT2D eigenvalue weighted by Crippen LogP contribution is 2.29. The van der Waals surface area contributed by atoms with E-state index in [2.05, 4.69) is 23.3 Å². The van der Waals surface area contributed by atoms with Gasteiger partial charge in [-0.2, -0.15) is 0 Å². The Morgan fingerprint density at radius 1 is 1.00 bits per heavy atom. The molecule has 0 saturated carbocycles. The second kappa shape index (κ2) is 6.90. The van der Waals surface area contributed by atoms with E-state index in [1.807, 2.05) is 12.1 Å². The molecule has 2 aromatic rings. The molecule has 0 aromatic heterocycles. The Labute approximate surface area is 128 Å². The van der Waals surface area contributed by atoms with E-state index < -0.39 is 0 Å². The summed E-state index contributed by atoms with van der Waals surface area (Å²) in [5.74, 6) is 1.15. The number of anilines is 2. The lowest BCUT2D eigenvalue weighted by molar-refractivity contribution is 0.262. The maximum Gasteiger partial charge on any atom is 0.323 e. The molecule has 110 valence electrons. The molecule has 21 heavy (non-hydrogen) atoms. The van der Waals surface area contributed by atoms with Crippen LogP contribution in [0.3, 0.4) is 0 Å². The summed E-state index contributed by atoms with van der Waals surface area (Å²) in [5.41, 5.74) is 1.24. The summed E-state index contributed by atoms with van der Waals surface area (Å²) in [5, 5.41) is 5.45. The van der Waals surface area contributed by atoms with Crippen molar-refractivity contribution in [2.45, 2.75) is 4.90 Å². The third kappa shape index (κ3) is 3.82. The zero-order valence-electron chi connectivity index (χ0n) is 11.7. The zero-order chi connectivity index (χ0) is 15.2. The summed E-state index contributed by atoms with van der Waals surface area (Å²) in [6.07, 6.45) is 0. The number of urea groups is 1. The number of rotatable bonds is 4. The van der Waals surface area contributed by atoms with Crippen molar-refractivity contribution in [3.05, 3.63) is 42.5 Å². The minimum absolute atomic E-state index is 0.358. The molecule has 5 nitrogen and oxygen atoms in total. The quantitative estimate of drug-likeness (QED) is 0.756. The molecular weight excluding hydrogens is 288 g/mol. The predicted molar refractivity (Wildman–Crippen MR) is 85.9 cm³/mol. The molecule has 0 bridgehead atoms. The van der Waals surface area contributed by atoms with Crippen LogP contribution >= 0.6 is 12.6 Å². The average molecular weight is 304 g/mol. The molecule has 2 rings (SSSR count). The van der Waals surface area contributed by atoms with Crippen molar-refractivity contribution in [2.24, 2.45) is 0 Å². The van der Waals surface area contributed by atoms with E-state index in [0.29, 0.717) is 27.8 Å². The molecule has 0 spiro atoms. The van der Waals surface area contributed by atoms with Gasteiger partial charge in [0, 0.05) is 16.6 Å². The summed E-state index contributed by atoms with van der Waals surface area (Å²) in [6, 6.07) is 12.0. The second-order valence-corrected chi connectivity index (χ2v) is 4.65. The SMILES string of the molecule is COc1ccc(NC(=O)Nc2ccccc2S)cc1OC. The summed E-state index contributed by atoms with van der Waals surface area (Å²) < 4.78 is 10.3. The van der Waals surface area contributed by atoms with Crippen molar-refractivity contribution >= 4 is 30.0 Å². The highest BCUT2D eigenvalue weighted by atomic mass is 32.1. The number of amides is 2. The topological polar surface area (TPSA) is 59.6 Å². The largest absolute Gasteiger partial charge is 0.493 e. The molecule has 0 aliphatic rings. The van der Waals surface area contributed by atoms with Gasteiger partial charge in [0.05, 0.1) is 19.9 Å². The smallest absolute Gasteiger partial charge is 0.323 e. The Kier molecular flexibility index (Phi) is 4.94. The average Bonchev–Trinajstić information content (AvgIpc) is 2.49. The lowest BCUT2D eigenvalue weighted by atomic mass is 10.2. The summed E-state index contributed by atoms with van der Waals surface area (Å²) in [4.78, 5) is 12.7. The number of hydrogen-bond acceptors (Lipinski definition) is 4. The van der Waals surface area contributed by atoms with Gasteiger partial charge in [-0.25, -0.2) is 4.79 Å². The van der Waals surface area contributed by atoms with E-state index in [0.717, 1.165) is 0 Å². The van der Waals surface area contributed by atoms with E-state index >= 15 is 0 Å². The fourth-order valence-corrected chi connectivity index (χ4v) is 1.99. The van der Waals surface area contributed by atoms with Gasteiger partial charge in [-0.1, -0.05) is 12.1 Å². The fourth-order valence-electron chi connectivity index (χ4n) is 1.78. The minimum Gasteiger partial charge on any atom is -0.493 e. The molecule has 0 atom stereocenters. The number of ether oxygens (including phenoxy) is 2. The van der Waals surface area contributed by atoms with Crippen LogP contribution in [0.4, 0.5) is 16.2 Å². The first-order valence-electron chi connectivity index (χ1n) is 6.22. The molecule has 0 aliphatic heterocycles. The van der Waals surface area contributed by atoms with Crippen molar-refractivity contribution in [2.75, 3.05) is 24.9 Å². The number of hydrogen-bond donors (Lipinski definition) is 3. The molecule has 0 fully saturated rings. The Morgan fingerprint density at radius 3 is 2.38 bits per heavy atom. The number of thiol groups is 1. The van der Waals surface area contributed by atoms with Gasteiger partial charge in [-0.05, 0) is 24.3 Å². The summed E-state index contributed by atoms with van der Waals surface area (Å²) in [6.45, 7) is 0. The summed E-state index contributed by atoms with van der Waals surface area (Å²) in [7, 11) is 3.10. The molecule has 2 amide bonds. The highest BCUT2D eigenvalue weighted by Gasteiger charge is 2.08. The molecule has 0 unspecified atom stereocenters. The van der Waals surface area contributed by atoms with Crippen LogP contribution in [-0.4, -0.2) is 20.3 Å². The molecule has 6 heteroatoms.